The molecule has 0 radical (unpaired) electrons. The number of rotatable bonds is 6. The van der Waals surface area contributed by atoms with E-state index < -0.39 is 0 Å². The van der Waals surface area contributed by atoms with Crippen molar-refractivity contribution >= 4 is 26.7 Å². The quantitative estimate of drug-likeness (QED) is 0.705. The Morgan fingerprint density at radius 2 is 1.88 bits per heavy atom. The Hall–Kier alpha value is -2.11. The van der Waals surface area contributed by atoms with Gasteiger partial charge in [-0.3, -0.25) is 4.90 Å². The third-order valence-corrected chi connectivity index (χ3v) is 5.81. The molecule has 1 atom stereocenters. The van der Waals surface area contributed by atoms with E-state index in [-0.39, 0.29) is 0 Å². The second-order valence-corrected chi connectivity index (χ2v) is 7.40. The number of hydrogen-bond acceptors (Lipinski definition) is 5. The molecule has 1 saturated heterocycles. The van der Waals surface area contributed by atoms with Gasteiger partial charge in [0.1, 0.15) is 5.75 Å². The van der Waals surface area contributed by atoms with Crippen molar-refractivity contribution in [2.24, 2.45) is 0 Å². The van der Waals surface area contributed by atoms with E-state index in [4.69, 9.17) is 9.72 Å². The Morgan fingerprint density at radius 1 is 1.12 bits per heavy atom. The Bertz CT molecular complexity index is 809. The largest absolute Gasteiger partial charge is 0.496 e. The lowest BCUT2D eigenvalue weighted by Crippen LogP contribution is -2.31. The summed E-state index contributed by atoms with van der Waals surface area (Å²) in [6.07, 6.45) is 2.54. The summed E-state index contributed by atoms with van der Waals surface area (Å²) in [5.41, 5.74) is 2.31. The summed E-state index contributed by atoms with van der Waals surface area (Å²) in [5, 5.41) is 4.56. The van der Waals surface area contributed by atoms with Gasteiger partial charge < -0.3 is 10.1 Å². The van der Waals surface area contributed by atoms with Gasteiger partial charge in [0.05, 0.1) is 23.4 Å². The van der Waals surface area contributed by atoms with Gasteiger partial charge in [-0.25, -0.2) is 4.98 Å². The van der Waals surface area contributed by atoms with Crippen molar-refractivity contribution in [2.45, 2.75) is 18.9 Å². The molecule has 0 amide bonds. The highest BCUT2D eigenvalue weighted by molar-refractivity contribution is 7.22. The molecule has 2 aromatic carbocycles. The van der Waals surface area contributed by atoms with E-state index in [9.17, 15) is 0 Å². The number of benzene rings is 2. The van der Waals surface area contributed by atoms with E-state index in [0.29, 0.717) is 6.04 Å². The number of thiazole rings is 1. The van der Waals surface area contributed by atoms with Gasteiger partial charge in [-0.15, -0.1) is 0 Å². The maximum atomic E-state index is 5.62. The summed E-state index contributed by atoms with van der Waals surface area (Å²) in [7, 11) is 1.75. The van der Waals surface area contributed by atoms with Crippen LogP contribution in [-0.4, -0.2) is 36.6 Å². The molecule has 2 heterocycles. The molecule has 1 aliphatic rings. The van der Waals surface area contributed by atoms with Crippen molar-refractivity contribution in [1.29, 1.82) is 0 Å². The summed E-state index contributed by atoms with van der Waals surface area (Å²) in [5.74, 6) is 0.963. The number of aromatic nitrogens is 1. The van der Waals surface area contributed by atoms with Crippen molar-refractivity contribution < 1.29 is 4.74 Å². The lowest BCUT2D eigenvalue weighted by Gasteiger charge is -2.29. The van der Waals surface area contributed by atoms with Crippen molar-refractivity contribution in [3.8, 4) is 5.75 Å². The number of nitrogens with one attached hydrogen (secondary N) is 1. The zero-order valence-electron chi connectivity index (χ0n) is 14.4. The van der Waals surface area contributed by atoms with Crippen LogP contribution in [0.25, 0.3) is 10.2 Å². The van der Waals surface area contributed by atoms with Crippen LogP contribution in [0.15, 0.2) is 48.5 Å². The minimum absolute atomic E-state index is 0.297. The predicted octanol–water partition coefficient (Wildman–Crippen LogP) is 4.55. The first kappa shape index (κ1) is 16.4. The molecule has 4 rings (SSSR count). The summed E-state index contributed by atoms with van der Waals surface area (Å²) < 4.78 is 6.84. The molecular formula is C20H23N3OS. The first-order valence-corrected chi connectivity index (χ1v) is 9.63. The van der Waals surface area contributed by atoms with Gasteiger partial charge in [0.2, 0.25) is 0 Å². The maximum Gasteiger partial charge on any atom is 0.183 e. The highest BCUT2D eigenvalue weighted by Gasteiger charge is 2.26. The molecule has 3 aromatic rings. The van der Waals surface area contributed by atoms with Crippen LogP contribution in [0.4, 0.5) is 5.13 Å². The molecule has 1 fully saturated rings. The second kappa shape index (κ2) is 7.42. The molecule has 0 unspecified atom stereocenters. The molecule has 130 valence electrons. The minimum Gasteiger partial charge on any atom is -0.496 e. The molecule has 1 N–H and O–H groups in total. The number of methoxy groups -OCH3 is 1. The Labute approximate surface area is 152 Å². The van der Waals surface area contributed by atoms with Gasteiger partial charge in [-0.2, -0.15) is 0 Å². The lowest BCUT2D eigenvalue weighted by molar-refractivity contribution is 0.249. The number of nitrogens with zero attached hydrogens (tertiary/aromatic N) is 2. The average molecular weight is 353 g/mol. The van der Waals surface area contributed by atoms with E-state index in [1.54, 1.807) is 18.4 Å². The summed E-state index contributed by atoms with van der Waals surface area (Å²) in [4.78, 5) is 7.26. The lowest BCUT2D eigenvalue weighted by atomic mass is 10.0. The van der Waals surface area contributed by atoms with Crippen molar-refractivity contribution in [1.82, 2.24) is 9.88 Å². The molecular weight excluding hydrogens is 330 g/mol. The van der Waals surface area contributed by atoms with Crippen LogP contribution in [0.3, 0.4) is 0 Å². The Balaban J connectivity index is 1.57. The first-order chi connectivity index (χ1) is 12.3. The van der Waals surface area contributed by atoms with Gasteiger partial charge in [-0.1, -0.05) is 41.7 Å². The van der Waals surface area contributed by atoms with E-state index >= 15 is 0 Å². The van der Waals surface area contributed by atoms with Gasteiger partial charge in [0.25, 0.3) is 0 Å². The fourth-order valence-corrected chi connectivity index (χ4v) is 4.44. The fraction of sp³-hybridized carbons (Fsp3) is 0.350. The molecule has 4 nitrogen and oxygen atoms in total. The van der Waals surface area contributed by atoms with Crippen LogP contribution in [0.5, 0.6) is 5.75 Å². The van der Waals surface area contributed by atoms with Gasteiger partial charge in [0, 0.05) is 12.1 Å². The zero-order valence-corrected chi connectivity index (χ0v) is 15.3. The maximum absolute atomic E-state index is 5.62. The van der Waals surface area contributed by atoms with Crippen molar-refractivity contribution in [3.05, 3.63) is 54.1 Å². The molecule has 1 aliphatic heterocycles. The van der Waals surface area contributed by atoms with Crippen LogP contribution in [-0.2, 0) is 0 Å². The number of hydrogen-bond donors (Lipinski definition) is 1. The molecule has 1 aromatic heterocycles. The number of para-hydroxylation sites is 2. The van der Waals surface area contributed by atoms with Gasteiger partial charge in [0.15, 0.2) is 5.13 Å². The summed E-state index contributed by atoms with van der Waals surface area (Å²) in [6.45, 7) is 3.12. The third-order valence-electron chi connectivity index (χ3n) is 4.82. The Kier molecular flexibility index (Phi) is 4.85. The van der Waals surface area contributed by atoms with E-state index in [1.807, 2.05) is 12.1 Å². The first-order valence-electron chi connectivity index (χ1n) is 8.81. The third kappa shape index (κ3) is 3.48. The fourth-order valence-electron chi connectivity index (χ4n) is 3.56. The SMILES string of the molecule is COc1ccccc1[C@@H](CNc1nc2ccccc2s1)N1CCCC1. The number of ether oxygens (including phenoxy) is 1. The van der Waals surface area contributed by atoms with Gasteiger partial charge in [-0.05, 0) is 44.1 Å². The topological polar surface area (TPSA) is 37.4 Å². The highest BCUT2D eigenvalue weighted by Crippen LogP contribution is 2.33. The molecule has 0 aliphatic carbocycles. The molecule has 0 spiro atoms. The van der Waals surface area contributed by atoms with Crippen LogP contribution in [0.2, 0.25) is 0 Å². The number of likely N-dealkylation sites (tertiary alicyclic amines) is 1. The van der Waals surface area contributed by atoms with E-state index in [0.717, 1.165) is 36.0 Å². The van der Waals surface area contributed by atoms with Crippen LogP contribution in [0, 0.1) is 0 Å². The molecule has 5 heteroatoms. The zero-order chi connectivity index (χ0) is 17.1. The molecule has 25 heavy (non-hydrogen) atoms. The normalized spacial score (nSPS) is 16.2. The molecule has 0 bridgehead atoms. The standard InChI is InChI=1S/C20H23N3OS/c1-24-18-10-4-2-8-15(18)17(23-12-6-7-13-23)14-21-20-22-16-9-3-5-11-19(16)25-20/h2-5,8-11,17H,6-7,12-14H2,1H3,(H,21,22)/t17-/m1/s1. The van der Waals surface area contributed by atoms with E-state index in [2.05, 4.69) is 46.6 Å². The Morgan fingerprint density at radius 3 is 2.68 bits per heavy atom. The van der Waals surface area contributed by atoms with Crippen molar-refractivity contribution in [2.75, 3.05) is 32.1 Å². The van der Waals surface area contributed by atoms with Crippen LogP contribution in [0.1, 0.15) is 24.4 Å². The van der Waals surface area contributed by atoms with E-state index in [1.165, 1.54) is 23.1 Å². The monoisotopic (exact) mass is 353 g/mol. The highest BCUT2D eigenvalue weighted by atomic mass is 32.1. The average Bonchev–Trinajstić information content (AvgIpc) is 3.31. The molecule has 0 saturated carbocycles. The smallest absolute Gasteiger partial charge is 0.183 e. The minimum atomic E-state index is 0.297. The summed E-state index contributed by atoms with van der Waals surface area (Å²) >= 11 is 1.71. The second-order valence-electron chi connectivity index (χ2n) is 6.37. The van der Waals surface area contributed by atoms with Gasteiger partial charge >= 0.3 is 0 Å². The number of fused-ring (bicyclic) bond motifs is 1. The van der Waals surface area contributed by atoms with Crippen molar-refractivity contribution in [3.63, 3.8) is 0 Å². The summed E-state index contributed by atoms with van der Waals surface area (Å²) in [6, 6.07) is 16.9. The van der Waals surface area contributed by atoms with Crippen LogP contribution < -0.4 is 10.1 Å². The van der Waals surface area contributed by atoms with Crippen LogP contribution >= 0.6 is 11.3 Å². The number of anilines is 1. The predicted molar refractivity (Wildman–Crippen MR) is 105 cm³/mol.